The number of hydrogen-bond donors (Lipinski definition) is 2. The van der Waals surface area contributed by atoms with Crippen molar-refractivity contribution in [3.05, 3.63) is 80.9 Å². The van der Waals surface area contributed by atoms with Gasteiger partial charge in [-0.25, -0.2) is 0 Å². The first-order chi connectivity index (χ1) is 11.7. The minimum absolute atomic E-state index is 0.0945. The van der Waals surface area contributed by atoms with E-state index in [1.807, 2.05) is 0 Å². The number of nitrogens with one attached hydrogen (secondary N) is 2. The second kappa shape index (κ2) is 7.38. The van der Waals surface area contributed by atoms with Gasteiger partial charge in [0.2, 0.25) is 0 Å². The SMILES string of the molecule is Cc1cc(C)c(C(=O)/C=C(\NCc2ccccc2)C(F)(F)F)c(=O)[nH]1. The molecule has 0 radical (unpaired) electrons. The van der Waals surface area contributed by atoms with E-state index in [1.54, 1.807) is 37.3 Å². The van der Waals surface area contributed by atoms with Gasteiger partial charge in [-0.3, -0.25) is 9.59 Å². The molecule has 2 rings (SSSR count). The Bertz CT molecular complexity index is 853. The third-order valence-corrected chi connectivity index (χ3v) is 3.52. The third kappa shape index (κ3) is 4.82. The van der Waals surface area contributed by atoms with E-state index in [4.69, 9.17) is 0 Å². The highest BCUT2D eigenvalue weighted by atomic mass is 19.4. The van der Waals surface area contributed by atoms with Gasteiger partial charge >= 0.3 is 6.18 Å². The lowest BCUT2D eigenvalue weighted by Gasteiger charge is -2.14. The minimum Gasteiger partial charge on any atom is -0.377 e. The van der Waals surface area contributed by atoms with Crippen molar-refractivity contribution >= 4 is 5.78 Å². The zero-order chi connectivity index (χ0) is 18.6. The fraction of sp³-hybridized carbons (Fsp3) is 0.222. The Morgan fingerprint density at radius 2 is 1.84 bits per heavy atom. The van der Waals surface area contributed by atoms with Crippen LogP contribution in [0.25, 0.3) is 0 Å². The van der Waals surface area contributed by atoms with Gasteiger partial charge in [-0.05, 0) is 31.0 Å². The zero-order valence-corrected chi connectivity index (χ0v) is 13.7. The van der Waals surface area contributed by atoms with Crippen molar-refractivity contribution < 1.29 is 18.0 Å². The van der Waals surface area contributed by atoms with Crippen LogP contribution in [-0.4, -0.2) is 16.9 Å². The van der Waals surface area contributed by atoms with E-state index in [0.717, 1.165) is 0 Å². The van der Waals surface area contributed by atoms with Crippen molar-refractivity contribution in [1.29, 1.82) is 0 Å². The first kappa shape index (κ1) is 18.5. The molecule has 1 heterocycles. The Kier molecular flexibility index (Phi) is 5.46. The van der Waals surface area contributed by atoms with Crippen LogP contribution in [0.2, 0.25) is 0 Å². The standard InChI is InChI=1S/C18H17F3N2O2/c1-11-8-12(2)23-17(25)16(11)14(24)9-15(18(19,20)21)22-10-13-6-4-3-5-7-13/h3-9,22H,10H2,1-2H3,(H,23,25)/b15-9-. The molecule has 132 valence electrons. The molecular weight excluding hydrogens is 333 g/mol. The summed E-state index contributed by atoms with van der Waals surface area (Å²) in [4.78, 5) is 26.6. The lowest BCUT2D eigenvalue weighted by molar-refractivity contribution is -0.0970. The van der Waals surface area contributed by atoms with Crippen molar-refractivity contribution in [3.8, 4) is 0 Å². The summed E-state index contributed by atoms with van der Waals surface area (Å²) in [6.07, 6.45) is -4.31. The molecule has 0 aliphatic carbocycles. The molecule has 0 unspecified atom stereocenters. The maximum Gasteiger partial charge on any atom is 0.431 e. The first-order valence-electron chi connectivity index (χ1n) is 7.50. The molecule has 0 bridgehead atoms. The van der Waals surface area contributed by atoms with Crippen LogP contribution in [0.3, 0.4) is 0 Å². The second-order valence-electron chi connectivity index (χ2n) is 5.60. The number of carbonyl (C=O) groups excluding carboxylic acids is 1. The molecule has 1 aromatic heterocycles. The number of rotatable bonds is 5. The number of pyridine rings is 1. The Balaban J connectivity index is 2.32. The number of aryl methyl sites for hydroxylation is 2. The van der Waals surface area contributed by atoms with E-state index in [2.05, 4.69) is 10.3 Å². The quantitative estimate of drug-likeness (QED) is 0.642. The molecule has 0 aliphatic rings. The fourth-order valence-corrected chi connectivity index (χ4v) is 2.39. The van der Waals surface area contributed by atoms with Gasteiger partial charge in [0.05, 0.1) is 5.56 Å². The highest BCUT2D eigenvalue weighted by Gasteiger charge is 2.34. The lowest BCUT2D eigenvalue weighted by Crippen LogP contribution is -2.28. The normalized spacial score (nSPS) is 12.1. The Morgan fingerprint density at radius 3 is 2.40 bits per heavy atom. The van der Waals surface area contributed by atoms with Crippen LogP contribution in [0, 0.1) is 13.8 Å². The second-order valence-corrected chi connectivity index (χ2v) is 5.60. The van der Waals surface area contributed by atoms with Crippen molar-refractivity contribution in [1.82, 2.24) is 10.3 Å². The van der Waals surface area contributed by atoms with E-state index in [-0.39, 0.29) is 12.1 Å². The van der Waals surface area contributed by atoms with Crippen LogP contribution in [0.1, 0.15) is 27.2 Å². The van der Waals surface area contributed by atoms with Gasteiger partial charge in [-0.1, -0.05) is 30.3 Å². The number of carbonyl (C=O) groups is 1. The molecule has 4 nitrogen and oxygen atoms in total. The van der Waals surface area contributed by atoms with E-state index in [1.165, 1.54) is 13.0 Å². The fourth-order valence-electron chi connectivity index (χ4n) is 2.39. The number of ketones is 1. The van der Waals surface area contributed by atoms with E-state index >= 15 is 0 Å². The summed E-state index contributed by atoms with van der Waals surface area (Å²) in [5.41, 5.74) is -0.708. The number of benzene rings is 1. The number of allylic oxidation sites excluding steroid dienone is 2. The minimum atomic E-state index is -4.74. The molecule has 0 saturated heterocycles. The monoisotopic (exact) mass is 350 g/mol. The summed E-state index contributed by atoms with van der Waals surface area (Å²) in [6, 6.07) is 10.0. The highest BCUT2D eigenvalue weighted by Crippen LogP contribution is 2.24. The Morgan fingerprint density at radius 1 is 1.20 bits per heavy atom. The molecule has 2 aromatic rings. The molecule has 0 aliphatic heterocycles. The van der Waals surface area contributed by atoms with Crippen LogP contribution < -0.4 is 10.9 Å². The largest absolute Gasteiger partial charge is 0.431 e. The summed E-state index contributed by atoms with van der Waals surface area (Å²) in [5.74, 6) is -0.994. The average molecular weight is 350 g/mol. The van der Waals surface area contributed by atoms with Gasteiger partial charge in [0.25, 0.3) is 5.56 Å². The van der Waals surface area contributed by atoms with E-state index in [9.17, 15) is 22.8 Å². The summed E-state index contributed by atoms with van der Waals surface area (Å²) in [7, 11) is 0. The van der Waals surface area contributed by atoms with Gasteiger partial charge < -0.3 is 10.3 Å². The van der Waals surface area contributed by atoms with Gasteiger partial charge in [0.1, 0.15) is 5.70 Å². The van der Waals surface area contributed by atoms with Crippen molar-refractivity contribution in [2.45, 2.75) is 26.6 Å². The predicted octanol–water partition coefficient (Wildman–Crippen LogP) is 3.41. The molecule has 0 amide bonds. The first-order valence-corrected chi connectivity index (χ1v) is 7.50. The number of aromatic nitrogens is 1. The number of H-pyrrole nitrogens is 1. The van der Waals surface area contributed by atoms with Crippen LogP contribution in [0.4, 0.5) is 13.2 Å². The van der Waals surface area contributed by atoms with Crippen LogP contribution in [0.15, 0.2) is 53.0 Å². The maximum atomic E-state index is 13.2. The maximum absolute atomic E-state index is 13.2. The molecule has 0 spiro atoms. The molecule has 0 fully saturated rings. The highest BCUT2D eigenvalue weighted by molar-refractivity contribution is 6.05. The van der Waals surface area contributed by atoms with Crippen LogP contribution >= 0.6 is 0 Å². The smallest absolute Gasteiger partial charge is 0.377 e. The molecule has 0 saturated carbocycles. The van der Waals surface area contributed by atoms with Crippen LogP contribution in [0.5, 0.6) is 0 Å². The summed E-state index contributed by atoms with van der Waals surface area (Å²) >= 11 is 0. The van der Waals surface area contributed by atoms with Gasteiger partial charge in [0, 0.05) is 18.3 Å². The average Bonchev–Trinajstić information content (AvgIpc) is 2.50. The number of halogens is 3. The van der Waals surface area contributed by atoms with Crippen molar-refractivity contribution in [2.24, 2.45) is 0 Å². The van der Waals surface area contributed by atoms with Crippen molar-refractivity contribution in [3.63, 3.8) is 0 Å². The molecule has 0 atom stereocenters. The molecule has 7 heteroatoms. The molecule has 25 heavy (non-hydrogen) atoms. The third-order valence-electron chi connectivity index (χ3n) is 3.52. The van der Waals surface area contributed by atoms with Gasteiger partial charge in [-0.15, -0.1) is 0 Å². The van der Waals surface area contributed by atoms with Gasteiger partial charge in [0.15, 0.2) is 5.78 Å². The lowest BCUT2D eigenvalue weighted by atomic mass is 10.1. The number of hydrogen-bond acceptors (Lipinski definition) is 3. The molecule has 2 N–H and O–H groups in total. The Labute approximate surface area is 142 Å². The Hall–Kier alpha value is -2.83. The van der Waals surface area contributed by atoms with E-state index < -0.39 is 23.2 Å². The topological polar surface area (TPSA) is 62.0 Å². The molecule has 1 aromatic carbocycles. The summed E-state index contributed by atoms with van der Waals surface area (Å²) < 4.78 is 39.6. The zero-order valence-electron chi connectivity index (χ0n) is 13.7. The van der Waals surface area contributed by atoms with Crippen LogP contribution in [-0.2, 0) is 6.54 Å². The molecular formula is C18H17F3N2O2. The number of alkyl halides is 3. The summed E-state index contributed by atoms with van der Waals surface area (Å²) in [6.45, 7) is 3.04. The summed E-state index contributed by atoms with van der Waals surface area (Å²) in [5, 5.41) is 2.23. The van der Waals surface area contributed by atoms with E-state index in [0.29, 0.717) is 22.9 Å². The predicted molar refractivity (Wildman–Crippen MR) is 88.3 cm³/mol. The van der Waals surface area contributed by atoms with Gasteiger partial charge in [-0.2, -0.15) is 13.2 Å². The van der Waals surface area contributed by atoms with Crippen molar-refractivity contribution in [2.75, 3.05) is 0 Å². The number of aromatic amines is 1.